The van der Waals surface area contributed by atoms with Gasteiger partial charge in [0.1, 0.15) is 5.01 Å². The minimum Gasteiger partial charge on any atom is -0.357 e. The van der Waals surface area contributed by atoms with Crippen LogP contribution in [0.4, 0.5) is 0 Å². The lowest BCUT2D eigenvalue weighted by Crippen LogP contribution is -2.36. The van der Waals surface area contributed by atoms with Gasteiger partial charge in [-0.25, -0.2) is 9.98 Å². The summed E-state index contributed by atoms with van der Waals surface area (Å²) >= 11 is 1.76. The predicted molar refractivity (Wildman–Crippen MR) is 99.0 cm³/mol. The Morgan fingerprint density at radius 3 is 2.52 bits per heavy atom. The number of benzene rings is 1. The van der Waals surface area contributed by atoms with Crippen molar-refractivity contribution in [3.63, 3.8) is 0 Å². The third-order valence-electron chi connectivity index (χ3n) is 3.61. The molecule has 2 rings (SSSR count). The van der Waals surface area contributed by atoms with Gasteiger partial charge >= 0.3 is 0 Å². The van der Waals surface area contributed by atoms with Gasteiger partial charge in [-0.3, -0.25) is 0 Å². The molecule has 2 aromatic rings. The molecule has 1 aromatic carbocycles. The maximum Gasteiger partial charge on any atom is 0.191 e. The number of aromatic nitrogens is 1. The second kappa shape index (κ2) is 9.30. The van der Waals surface area contributed by atoms with Crippen LogP contribution in [0.15, 0.2) is 35.5 Å². The van der Waals surface area contributed by atoms with Crippen molar-refractivity contribution in [3.05, 3.63) is 51.5 Å². The van der Waals surface area contributed by atoms with Crippen molar-refractivity contribution >= 4 is 17.3 Å². The van der Waals surface area contributed by atoms with Crippen LogP contribution >= 0.6 is 11.3 Å². The highest BCUT2D eigenvalue weighted by Crippen LogP contribution is 2.13. The Labute approximate surface area is 143 Å². The van der Waals surface area contributed by atoms with Crippen molar-refractivity contribution in [3.8, 4) is 0 Å². The first kappa shape index (κ1) is 17.5. The van der Waals surface area contributed by atoms with E-state index in [0.29, 0.717) is 13.1 Å². The van der Waals surface area contributed by atoms with E-state index in [2.05, 4.69) is 60.7 Å². The van der Waals surface area contributed by atoms with Crippen LogP contribution in [0, 0.1) is 0 Å². The van der Waals surface area contributed by atoms with Gasteiger partial charge in [-0.15, -0.1) is 11.3 Å². The van der Waals surface area contributed by atoms with Crippen LogP contribution in [0.2, 0.25) is 0 Å². The summed E-state index contributed by atoms with van der Waals surface area (Å²) in [5, 5.41) is 7.76. The van der Waals surface area contributed by atoms with E-state index in [0.717, 1.165) is 30.4 Å². The number of guanidine groups is 1. The molecular formula is C18H26N4S. The summed E-state index contributed by atoms with van der Waals surface area (Å²) in [6, 6.07) is 8.49. The zero-order chi connectivity index (χ0) is 16.5. The van der Waals surface area contributed by atoms with Gasteiger partial charge in [-0.05, 0) is 30.9 Å². The molecule has 1 heterocycles. The quantitative estimate of drug-likeness (QED) is 0.603. The Balaban J connectivity index is 1.99. The lowest BCUT2D eigenvalue weighted by atomic mass is 10.1. The number of nitrogens with zero attached hydrogens (tertiary/aromatic N) is 2. The normalized spacial score (nSPS) is 11.5. The van der Waals surface area contributed by atoms with Gasteiger partial charge in [0, 0.05) is 17.6 Å². The van der Waals surface area contributed by atoms with Crippen LogP contribution in [0.5, 0.6) is 0 Å². The summed E-state index contributed by atoms with van der Waals surface area (Å²) in [5.41, 5.74) is 2.65. The molecule has 23 heavy (non-hydrogen) atoms. The van der Waals surface area contributed by atoms with Gasteiger partial charge in [0.15, 0.2) is 5.96 Å². The summed E-state index contributed by atoms with van der Waals surface area (Å²) in [6.07, 6.45) is 4.04. The Morgan fingerprint density at radius 1 is 1.09 bits per heavy atom. The van der Waals surface area contributed by atoms with Gasteiger partial charge in [0.2, 0.25) is 0 Å². The van der Waals surface area contributed by atoms with Crippen molar-refractivity contribution < 1.29 is 0 Å². The topological polar surface area (TPSA) is 49.3 Å². The number of aryl methyl sites for hydroxylation is 2. The number of thiazole rings is 1. The first-order valence-corrected chi connectivity index (χ1v) is 9.11. The highest BCUT2D eigenvalue weighted by Gasteiger charge is 2.04. The molecular weight excluding hydrogens is 304 g/mol. The molecule has 1 aromatic heterocycles. The molecule has 0 aliphatic rings. The van der Waals surface area contributed by atoms with Gasteiger partial charge in [0.25, 0.3) is 0 Å². The Hall–Kier alpha value is -1.88. The maximum atomic E-state index is 4.71. The monoisotopic (exact) mass is 330 g/mol. The van der Waals surface area contributed by atoms with Crippen LogP contribution < -0.4 is 10.6 Å². The van der Waals surface area contributed by atoms with Crippen molar-refractivity contribution in [2.75, 3.05) is 6.54 Å². The molecule has 0 saturated carbocycles. The second-order valence-electron chi connectivity index (χ2n) is 5.24. The van der Waals surface area contributed by atoms with Crippen LogP contribution in [-0.2, 0) is 25.9 Å². The van der Waals surface area contributed by atoms with Crippen LogP contribution in [-0.4, -0.2) is 17.5 Å². The SMILES string of the molecule is CCNC(=NCc1ccccc1CC)NCc1ncc(CC)s1. The fourth-order valence-corrected chi connectivity index (χ4v) is 3.12. The summed E-state index contributed by atoms with van der Waals surface area (Å²) in [5.74, 6) is 0.839. The third-order valence-corrected chi connectivity index (χ3v) is 4.75. The molecule has 124 valence electrons. The van der Waals surface area contributed by atoms with Crippen LogP contribution in [0.1, 0.15) is 41.8 Å². The zero-order valence-corrected chi connectivity index (χ0v) is 15.0. The molecule has 0 aliphatic heterocycles. The lowest BCUT2D eigenvalue weighted by molar-refractivity contribution is 0.810. The fourth-order valence-electron chi connectivity index (χ4n) is 2.32. The van der Waals surface area contributed by atoms with Crippen molar-refractivity contribution in [1.29, 1.82) is 0 Å². The predicted octanol–water partition coefficient (Wildman–Crippen LogP) is 3.52. The first-order valence-electron chi connectivity index (χ1n) is 8.29. The minimum atomic E-state index is 0.692. The Kier molecular flexibility index (Phi) is 7.07. The number of hydrogen-bond donors (Lipinski definition) is 2. The number of hydrogen-bond acceptors (Lipinski definition) is 3. The minimum absolute atomic E-state index is 0.692. The van der Waals surface area contributed by atoms with Crippen LogP contribution in [0.25, 0.3) is 0 Å². The van der Waals surface area contributed by atoms with Crippen molar-refractivity contribution in [2.45, 2.75) is 46.7 Å². The van der Waals surface area contributed by atoms with Gasteiger partial charge in [0.05, 0.1) is 13.1 Å². The van der Waals surface area contributed by atoms with E-state index in [-0.39, 0.29) is 0 Å². The standard InChI is InChI=1S/C18H26N4S/c1-4-14-9-7-8-10-15(14)11-21-18(19-6-3)22-13-17-20-12-16(5-2)23-17/h7-10,12H,4-6,11,13H2,1-3H3,(H2,19,21,22). The Morgan fingerprint density at radius 2 is 1.87 bits per heavy atom. The number of aliphatic imine (C=N–C) groups is 1. The summed E-state index contributed by atoms with van der Waals surface area (Å²) in [6.45, 7) is 8.67. The van der Waals surface area contributed by atoms with E-state index in [4.69, 9.17) is 4.99 Å². The van der Waals surface area contributed by atoms with E-state index in [1.54, 1.807) is 11.3 Å². The van der Waals surface area contributed by atoms with Crippen LogP contribution in [0.3, 0.4) is 0 Å². The molecule has 2 N–H and O–H groups in total. The third kappa shape index (κ3) is 5.36. The highest BCUT2D eigenvalue weighted by atomic mass is 32.1. The molecule has 0 bridgehead atoms. The maximum absolute atomic E-state index is 4.71. The smallest absolute Gasteiger partial charge is 0.191 e. The summed E-state index contributed by atoms with van der Waals surface area (Å²) in [4.78, 5) is 10.5. The van der Waals surface area contributed by atoms with E-state index in [1.807, 2.05) is 6.20 Å². The van der Waals surface area contributed by atoms with E-state index in [9.17, 15) is 0 Å². The summed E-state index contributed by atoms with van der Waals surface area (Å²) in [7, 11) is 0. The van der Waals surface area contributed by atoms with E-state index >= 15 is 0 Å². The molecule has 0 radical (unpaired) electrons. The lowest BCUT2D eigenvalue weighted by Gasteiger charge is -2.11. The van der Waals surface area contributed by atoms with E-state index < -0.39 is 0 Å². The largest absolute Gasteiger partial charge is 0.357 e. The molecule has 0 saturated heterocycles. The van der Waals surface area contributed by atoms with Gasteiger partial charge in [-0.1, -0.05) is 38.1 Å². The molecule has 0 amide bonds. The van der Waals surface area contributed by atoms with E-state index in [1.165, 1.54) is 16.0 Å². The van der Waals surface area contributed by atoms with Gasteiger partial charge in [-0.2, -0.15) is 0 Å². The first-order chi connectivity index (χ1) is 11.3. The van der Waals surface area contributed by atoms with Crippen molar-refractivity contribution in [2.24, 2.45) is 4.99 Å². The molecule has 0 atom stereocenters. The van der Waals surface area contributed by atoms with Crippen molar-refractivity contribution in [1.82, 2.24) is 15.6 Å². The Bertz CT molecular complexity index is 633. The summed E-state index contributed by atoms with van der Waals surface area (Å²) < 4.78 is 0. The zero-order valence-electron chi connectivity index (χ0n) is 14.2. The molecule has 0 aliphatic carbocycles. The molecule has 4 nitrogen and oxygen atoms in total. The molecule has 5 heteroatoms. The average Bonchev–Trinajstić information content (AvgIpc) is 3.05. The molecule has 0 fully saturated rings. The fraction of sp³-hybridized carbons (Fsp3) is 0.444. The highest BCUT2D eigenvalue weighted by molar-refractivity contribution is 7.11. The average molecular weight is 331 g/mol. The second-order valence-corrected chi connectivity index (χ2v) is 6.44. The molecule has 0 unspecified atom stereocenters. The number of nitrogens with one attached hydrogen (secondary N) is 2. The number of rotatable bonds is 7. The molecule has 0 spiro atoms. The van der Waals surface area contributed by atoms with Gasteiger partial charge < -0.3 is 10.6 Å².